The standard InChI is InChI=1S/C13H12O3/c1-9-3-4-11-8-12(16-13(14)15-2)6-5-10(11)7-9/h3-8H,1-2H3. The molecule has 16 heavy (non-hydrogen) atoms. The van der Waals surface area contributed by atoms with Crippen LogP contribution in [0.5, 0.6) is 5.75 Å². The molecule has 0 aliphatic carbocycles. The van der Waals surface area contributed by atoms with E-state index in [-0.39, 0.29) is 0 Å². The van der Waals surface area contributed by atoms with Gasteiger partial charge in [0.05, 0.1) is 7.11 Å². The Labute approximate surface area is 93.6 Å². The fourth-order valence-electron chi connectivity index (χ4n) is 1.54. The minimum Gasteiger partial charge on any atom is -0.437 e. The molecule has 3 heteroatoms. The van der Waals surface area contributed by atoms with Crippen molar-refractivity contribution in [2.75, 3.05) is 7.11 Å². The van der Waals surface area contributed by atoms with Crippen LogP contribution in [0.15, 0.2) is 36.4 Å². The zero-order chi connectivity index (χ0) is 11.5. The van der Waals surface area contributed by atoms with Gasteiger partial charge in [-0.25, -0.2) is 4.79 Å². The predicted octanol–water partition coefficient (Wildman–Crippen LogP) is 3.29. The average Bonchev–Trinajstić information content (AvgIpc) is 2.29. The molecule has 0 spiro atoms. The Morgan fingerprint density at radius 2 is 1.75 bits per heavy atom. The van der Waals surface area contributed by atoms with E-state index in [9.17, 15) is 4.79 Å². The van der Waals surface area contributed by atoms with Crippen molar-refractivity contribution < 1.29 is 14.3 Å². The third-order valence-electron chi connectivity index (χ3n) is 2.34. The largest absolute Gasteiger partial charge is 0.513 e. The molecule has 0 radical (unpaired) electrons. The minimum atomic E-state index is -0.702. The second-order valence-electron chi connectivity index (χ2n) is 3.57. The van der Waals surface area contributed by atoms with Crippen LogP contribution >= 0.6 is 0 Å². The average molecular weight is 216 g/mol. The van der Waals surface area contributed by atoms with E-state index in [1.807, 2.05) is 31.2 Å². The van der Waals surface area contributed by atoms with E-state index >= 15 is 0 Å². The molecule has 0 bridgehead atoms. The second-order valence-corrected chi connectivity index (χ2v) is 3.57. The Balaban J connectivity index is 2.37. The molecule has 3 nitrogen and oxygen atoms in total. The summed E-state index contributed by atoms with van der Waals surface area (Å²) in [5.41, 5.74) is 1.20. The van der Waals surface area contributed by atoms with E-state index in [0.29, 0.717) is 5.75 Å². The van der Waals surface area contributed by atoms with Crippen LogP contribution in [0.1, 0.15) is 5.56 Å². The van der Waals surface area contributed by atoms with Crippen LogP contribution in [0.2, 0.25) is 0 Å². The lowest BCUT2D eigenvalue weighted by Crippen LogP contribution is -2.06. The maximum atomic E-state index is 10.9. The van der Waals surface area contributed by atoms with Gasteiger partial charge in [0.1, 0.15) is 5.75 Å². The van der Waals surface area contributed by atoms with E-state index < -0.39 is 6.16 Å². The first-order chi connectivity index (χ1) is 7.69. The highest BCUT2D eigenvalue weighted by atomic mass is 16.7. The SMILES string of the molecule is COC(=O)Oc1ccc2cc(C)ccc2c1. The van der Waals surface area contributed by atoms with Gasteiger partial charge in [0.15, 0.2) is 0 Å². The molecule has 0 aromatic heterocycles. The summed E-state index contributed by atoms with van der Waals surface area (Å²) in [5.74, 6) is 0.489. The first-order valence-corrected chi connectivity index (χ1v) is 4.95. The molecule has 2 rings (SSSR count). The smallest absolute Gasteiger partial charge is 0.437 e. The van der Waals surface area contributed by atoms with Crippen molar-refractivity contribution in [3.63, 3.8) is 0 Å². The summed E-state index contributed by atoms with van der Waals surface area (Å²) in [6, 6.07) is 11.6. The molecule has 0 atom stereocenters. The van der Waals surface area contributed by atoms with Crippen LogP contribution in [-0.2, 0) is 4.74 Å². The van der Waals surface area contributed by atoms with E-state index in [1.165, 1.54) is 12.7 Å². The molecule has 0 aliphatic heterocycles. The number of carbonyl (C=O) groups is 1. The van der Waals surface area contributed by atoms with Crippen molar-refractivity contribution in [1.82, 2.24) is 0 Å². The van der Waals surface area contributed by atoms with Gasteiger partial charge >= 0.3 is 6.16 Å². The lowest BCUT2D eigenvalue weighted by atomic mass is 10.1. The van der Waals surface area contributed by atoms with Gasteiger partial charge in [0, 0.05) is 0 Å². The summed E-state index contributed by atoms with van der Waals surface area (Å²) in [5, 5.41) is 2.16. The molecule has 0 amide bonds. The molecule has 0 saturated carbocycles. The van der Waals surface area contributed by atoms with Crippen LogP contribution < -0.4 is 4.74 Å². The molecule has 0 aliphatic rings. The molecule has 0 heterocycles. The quantitative estimate of drug-likeness (QED) is 0.542. The molecule has 2 aromatic carbocycles. The van der Waals surface area contributed by atoms with E-state index in [2.05, 4.69) is 10.8 Å². The van der Waals surface area contributed by atoms with Crippen molar-refractivity contribution in [2.24, 2.45) is 0 Å². The first-order valence-electron chi connectivity index (χ1n) is 4.95. The number of fused-ring (bicyclic) bond motifs is 1. The molecule has 82 valence electrons. The maximum Gasteiger partial charge on any atom is 0.513 e. The van der Waals surface area contributed by atoms with Gasteiger partial charge in [-0.3, -0.25) is 0 Å². The van der Waals surface area contributed by atoms with Crippen molar-refractivity contribution in [3.8, 4) is 5.75 Å². The number of methoxy groups -OCH3 is 1. The summed E-state index contributed by atoms with van der Waals surface area (Å²) in [6.45, 7) is 2.04. The van der Waals surface area contributed by atoms with E-state index in [0.717, 1.165) is 10.8 Å². The molecular weight excluding hydrogens is 204 g/mol. The van der Waals surface area contributed by atoms with Crippen LogP contribution in [0.25, 0.3) is 10.8 Å². The maximum absolute atomic E-state index is 10.9. The summed E-state index contributed by atoms with van der Waals surface area (Å²) in [7, 11) is 1.28. The number of ether oxygens (including phenoxy) is 2. The number of rotatable bonds is 1. The Hall–Kier alpha value is -2.03. The highest BCUT2D eigenvalue weighted by Crippen LogP contribution is 2.22. The number of hydrogen-bond acceptors (Lipinski definition) is 3. The molecule has 2 aromatic rings. The number of aryl methyl sites for hydroxylation is 1. The first kappa shape index (κ1) is 10.5. The predicted molar refractivity (Wildman–Crippen MR) is 61.7 cm³/mol. The Morgan fingerprint density at radius 3 is 2.50 bits per heavy atom. The van der Waals surface area contributed by atoms with Crippen molar-refractivity contribution >= 4 is 16.9 Å². The third kappa shape index (κ3) is 2.14. The molecule has 0 saturated heterocycles. The summed E-state index contributed by atoms with van der Waals surface area (Å²) < 4.78 is 9.36. The number of benzene rings is 2. The highest BCUT2D eigenvalue weighted by molar-refractivity contribution is 5.85. The zero-order valence-electron chi connectivity index (χ0n) is 9.19. The van der Waals surface area contributed by atoms with Crippen LogP contribution in [0, 0.1) is 6.92 Å². The van der Waals surface area contributed by atoms with Crippen LogP contribution in [-0.4, -0.2) is 13.3 Å². The summed E-state index contributed by atoms with van der Waals surface area (Å²) in [4.78, 5) is 10.9. The number of hydrogen-bond donors (Lipinski definition) is 0. The fourth-order valence-corrected chi connectivity index (χ4v) is 1.54. The Kier molecular flexibility index (Phi) is 2.77. The molecular formula is C13H12O3. The van der Waals surface area contributed by atoms with E-state index in [4.69, 9.17) is 4.74 Å². The van der Waals surface area contributed by atoms with Gasteiger partial charge < -0.3 is 9.47 Å². The summed E-state index contributed by atoms with van der Waals surface area (Å²) >= 11 is 0. The van der Waals surface area contributed by atoms with Crippen molar-refractivity contribution in [2.45, 2.75) is 6.92 Å². The Morgan fingerprint density at radius 1 is 1.06 bits per heavy atom. The summed E-state index contributed by atoms with van der Waals surface area (Å²) in [6.07, 6.45) is -0.702. The number of carbonyl (C=O) groups excluding carboxylic acids is 1. The van der Waals surface area contributed by atoms with Gasteiger partial charge in [-0.15, -0.1) is 0 Å². The Bertz CT molecular complexity index is 532. The van der Waals surface area contributed by atoms with Gasteiger partial charge in [-0.1, -0.05) is 29.8 Å². The topological polar surface area (TPSA) is 35.5 Å². The van der Waals surface area contributed by atoms with Gasteiger partial charge in [-0.05, 0) is 29.8 Å². The van der Waals surface area contributed by atoms with Crippen LogP contribution in [0.4, 0.5) is 4.79 Å². The fraction of sp³-hybridized carbons (Fsp3) is 0.154. The lowest BCUT2D eigenvalue weighted by Gasteiger charge is -2.04. The molecule has 0 unspecified atom stereocenters. The van der Waals surface area contributed by atoms with Crippen molar-refractivity contribution in [1.29, 1.82) is 0 Å². The van der Waals surface area contributed by atoms with Gasteiger partial charge in [0.25, 0.3) is 0 Å². The third-order valence-corrected chi connectivity index (χ3v) is 2.34. The van der Waals surface area contributed by atoms with E-state index in [1.54, 1.807) is 6.07 Å². The second kappa shape index (κ2) is 4.23. The lowest BCUT2D eigenvalue weighted by molar-refractivity contribution is 0.121. The van der Waals surface area contributed by atoms with Gasteiger partial charge in [0.2, 0.25) is 0 Å². The monoisotopic (exact) mass is 216 g/mol. The molecule has 0 fully saturated rings. The highest BCUT2D eigenvalue weighted by Gasteiger charge is 2.04. The molecule has 0 N–H and O–H groups in total. The normalized spacial score (nSPS) is 10.1. The zero-order valence-corrected chi connectivity index (χ0v) is 9.19. The minimum absolute atomic E-state index is 0.489. The van der Waals surface area contributed by atoms with Gasteiger partial charge in [-0.2, -0.15) is 0 Å². The van der Waals surface area contributed by atoms with Crippen LogP contribution in [0.3, 0.4) is 0 Å². The van der Waals surface area contributed by atoms with Crippen molar-refractivity contribution in [3.05, 3.63) is 42.0 Å².